The van der Waals surface area contributed by atoms with E-state index in [2.05, 4.69) is 11.8 Å². The lowest BCUT2D eigenvalue weighted by molar-refractivity contribution is -0.133. The number of ketones is 1. The van der Waals surface area contributed by atoms with Crippen molar-refractivity contribution in [3.63, 3.8) is 0 Å². The van der Waals surface area contributed by atoms with Crippen LogP contribution in [0.25, 0.3) is 0 Å². The summed E-state index contributed by atoms with van der Waals surface area (Å²) in [6.07, 6.45) is 2.90. The number of aryl methyl sites for hydroxylation is 1. The van der Waals surface area contributed by atoms with Crippen LogP contribution in [-0.2, 0) is 11.2 Å². The number of hydrogen-bond donors (Lipinski definition) is 1. The van der Waals surface area contributed by atoms with Gasteiger partial charge in [0.2, 0.25) is 0 Å². The number of phenolic OH excluding ortho intramolecular Hbond substituents is 1. The van der Waals surface area contributed by atoms with Gasteiger partial charge in [0.05, 0.1) is 0 Å². The van der Waals surface area contributed by atoms with E-state index in [9.17, 15) is 14.3 Å². The molecule has 2 nitrogen and oxygen atoms in total. The molecule has 2 fully saturated rings. The van der Waals surface area contributed by atoms with E-state index in [0.29, 0.717) is 36.8 Å². The molecule has 3 aliphatic rings. The Kier molecular flexibility index (Phi) is 4.46. The summed E-state index contributed by atoms with van der Waals surface area (Å²) in [5, 5.41) is 9.83. The Morgan fingerprint density at radius 3 is 2.79 bits per heavy atom. The zero-order chi connectivity index (χ0) is 20.0. The average Bonchev–Trinajstić information content (AvgIpc) is 2.99. The van der Waals surface area contributed by atoms with E-state index < -0.39 is 11.6 Å². The largest absolute Gasteiger partial charge is 0.508 e. The minimum atomic E-state index is -1.35. The number of alkyl halides is 1. The number of benzene rings is 2. The van der Waals surface area contributed by atoms with Gasteiger partial charge in [0.1, 0.15) is 5.75 Å². The quantitative estimate of drug-likeness (QED) is 0.683. The second-order valence-corrected chi connectivity index (χ2v) is 8.91. The first kappa shape index (κ1) is 18.4. The number of phenols is 1. The number of rotatable bonds is 1. The van der Waals surface area contributed by atoms with Crippen molar-refractivity contribution in [3.05, 3.63) is 65.2 Å². The maximum Gasteiger partial charge on any atom is 0.174 e. The highest BCUT2D eigenvalue weighted by Crippen LogP contribution is 2.61. The number of fused-ring (bicyclic) bond motifs is 5. The molecule has 148 valence electrons. The molecule has 0 bridgehead atoms. The molecule has 0 heterocycles. The fourth-order valence-electron chi connectivity index (χ4n) is 6.26. The van der Waals surface area contributed by atoms with Crippen molar-refractivity contribution in [2.75, 3.05) is 0 Å². The average molecular weight is 388 g/mol. The third-order valence-electron chi connectivity index (χ3n) is 7.56. The first-order valence-electron chi connectivity index (χ1n) is 10.6. The molecule has 0 radical (unpaired) electrons. The minimum absolute atomic E-state index is 0.0655. The van der Waals surface area contributed by atoms with E-state index in [0.717, 1.165) is 24.8 Å². The molecule has 0 aliphatic heterocycles. The number of aromatic hydroxyl groups is 1. The lowest BCUT2D eigenvalue weighted by atomic mass is 9.54. The summed E-state index contributed by atoms with van der Waals surface area (Å²) in [4.78, 5) is 13.0. The molecule has 0 amide bonds. The Hall–Kier alpha value is -2.60. The molecular formula is C26H25FO2. The maximum atomic E-state index is 14.7. The van der Waals surface area contributed by atoms with Crippen LogP contribution in [0.3, 0.4) is 0 Å². The van der Waals surface area contributed by atoms with Gasteiger partial charge in [-0.3, -0.25) is 4.79 Å². The molecule has 2 aromatic carbocycles. The Labute approximate surface area is 171 Å². The number of hydrogen-bond acceptors (Lipinski definition) is 2. The van der Waals surface area contributed by atoms with E-state index in [1.165, 1.54) is 11.1 Å². The van der Waals surface area contributed by atoms with E-state index in [1.807, 2.05) is 42.5 Å². The zero-order valence-electron chi connectivity index (χ0n) is 16.4. The van der Waals surface area contributed by atoms with Crippen LogP contribution >= 0.6 is 0 Å². The summed E-state index contributed by atoms with van der Waals surface area (Å²) < 4.78 is 14.7. The molecule has 2 aromatic rings. The standard InChI is InChI=1S/C26H25FO2/c27-24-16-23-22-10-8-18-15-19(28)9-11-20(18)21(22)12-14-26(23,25(24)29)13-4-7-17-5-2-1-3-6-17/h1-3,5-6,9,11,15,21-24,28H,8,10,12-14,16H2/t21-,22-,23+,24-,26+/m1/s1. The third-order valence-corrected chi connectivity index (χ3v) is 7.56. The van der Waals surface area contributed by atoms with Gasteiger partial charge < -0.3 is 5.11 Å². The molecule has 29 heavy (non-hydrogen) atoms. The van der Waals surface area contributed by atoms with E-state index in [-0.39, 0.29) is 11.7 Å². The predicted molar refractivity (Wildman–Crippen MR) is 110 cm³/mol. The highest BCUT2D eigenvalue weighted by molar-refractivity contribution is 5.92. The molecule has 0 aromatic heterocycles. The Bertz CT molecular complexity index is 1000. The summed E-state index contributed by atoms with van der Waals surface area (Å²) in [6, 6.07) is 15.4. The van der Waals surface area contributed by atoms with Crippen LogP contribution < -0.4 is 0 Å². The predicted octanol–water partition coefficient (Wildman–Crippen LogP) is 5.19. The van der Waals surface area contributed by atoms with Crippen LogP contribution in [0.5, 0.6) is 5.75 Å². The van der Waals surface area contributed by atoms with Crippen molar-refractivity contribution in [1.29, 1.82) is 0 Å². The molecule has 0 unspecified atom stereocenters. The SMILES string of the molecule is O=C1[C@H](F)C[C@H]2[C@@H]3CCc4cc(O)ccc4[C@H]3CC[C@]12CC#Cc1ccccc1. The molecule has 1 N–H and O–H groups in total. The number of halogens is 1. The van der Waals surface area contributed by atoms with Gasteiger partial charge in [-0.1, -0.05) is 36.1 Å². The molecule has 5 atom stereocenters. The molecule has 3 aliphatic carbocycles. The lowest BCUT2D eigenvalue weighted by Crippen LogP contribution is -2.44. The normalized spacial score (nSPS) is 32.5. The smallest absolute Gasteiger partial charge is 0.174 e. The van der Waals surface area contributed by atoms with Gasteiger partial charge in [0.25, 0.3) is 0 Å². The topological polar surface area (TPSA) is 37.3 Å². The summed E-state index contributed by atoms with van der Waals surface area (Å²) in [7, 11) is 0. The fourth-order valence-corrected chi connectivity index (χ4v) is 6.26. The molecular weight excluding hydrogens is 363 g/mol. The van der Waals surface area contributed by atoms with Crippen molar-refractivity contribution < 1.29 is 14.3 Å². The lowest BCUT2D eigenvalue weighted by Gasteiger charge is -2.49. The second kappa shape index (κ2) is 7.02. The van der Waals surface area contributed by atoms with Gasteiger partial charge in [-0.25, -0.2) is 4.39 Å². The summed E-state index contributed by atoms with van der Waals surface area (Å²) in [6.45, 7) is 0. The first-order chi connectivity index (χ1) is 14.1. The minimum Gasteiger partial charge on any atom is -0.508 e. The summed E-state index contributed by atoms with van der Waals surface area (Å²) in [5.41, 5.74) is 2.81. The van der Waals surface area contributed by atoms with Crippen molar-refractivity contribution in [2.45, 2.75) is 50.6 Å². The van der Waals surface area contributed by atoms with Gasteiger partial charge >= 0.3 is 0 Å². The molecule has 5 rings (SSSR count). The first-order valence-corrected chi connectivity index (χ1v) is 10.6. The highest BCUT2D eigenvalue weighted by atomic mass is 19.1. The fraction of sp³-hybridized carbons (Fsp3) is 0.423. The Morgan fingerprint density at radius 2 is 1.97 bits per heavy atom. The maximum absolute atomic E-state index is 14.7. The summed E-state index contributed by atoms with van der Waals surface area (Å²) >= 11 is 0. The van der Waals surface area contributed by atoms with Crippen molar-refractivity contribution in [3.8, 4) is 17.6 Å². The van der Waals surface area contributed by atoms with Crippen molar-refractivity contribution >= 4 is 5.78 Å². The van der Waals surface area contributed by atoms with Crippen LogP contribution in [-0.4, -0.2) is 17.1 Å². The van der Waals surface area contributed by atoms with Crippen LogP contribution in [0.1, 0.15) is 54.7 Å². The Morgan fingerprint density at radius 1 is 1.14 bits per heavy atom. The van der Waals surface area contributed by atoms with E-state index in [1.54, 1.807) is 6.07 Å². The highest BCUT2D eigenvalue weighted by Gasteiger charge is 2.60. The van der Waals surface area contributed by atoms with Gasteiger partial charge in [0.15, 0.2) is 12.0 Å². The van der Waals surface area contributed by atoms with Crippen molar-refractivity contribution in [1.82, 2.24) is 0 Å². The van der Waals surface area contributed by atoms with Gasteiger partial charge in [-0.05, 0) is 85.3 Å². The number of carbonyl (C=O) groups excluding carboxylic acids is 1. The molecule has 0 spiro atoms. The van der Waals surface area contributed by atoms with Gasteiger partial charge in [-0.15, -0.1) is 0 Å². The number of carbonyl (C=O) groups is 1. The molecule has 0 saturated heterocycles. The van der Waals surface area contributed by atoms with Crippen molar-refractivity contribution in [2.24, 2.45) is 17.3 Å². The second-order valence-electron chi connectivity index (χ2n) is 8.91. The van der Waals surface area contributed by atoms with Crippen LogP contribution in [0.2, 0.25) is 0 Å². The summed E-state index contributed by atoms with van der Waals surface area (Å²) in [5.74, 6) is 7.26. The van der Waals surface area contributed by atoms with Crippen LogP contribution in [0, 0.1) is 29.1 Å². The molecule has 2 saturated carbocycles. The van der Waals surface area contributed by atoms with E-state index >= 15 is 0 Å². The van der Waals surface area contributed by atoms with Crippen LogP contribution in [0.15, 0.2) is 48.5 Å². The van der Waals surface area contributed by atoms with E-state index in [4.69, 9.17) is 0 Å². The van der Waals surface area contributed by atoms with Gasteiger partial charge in [0, 0.05) is 17.4 Å². The zero-order valence-corrected chi connectivity index (χ0v) is 16.4. The van der Waals surface area contributed by atoms with Crippen LogP contribution in [0.4, 0.5) is 4.39 Å². The Balaban J connectivity index is 1.46. The molecule has 3 heteroatoms. The monoisotopic (exact) mass is 388 g/mol. The number of Topliss-reactive ketones (excluding diaryl/α,β-unsaturated/α-hetero) is 1. The van der Waals surface area contributed by atoms with Gasteiger partial charge in [-0.2, -0.15) is 0 Å². The third kappa shape index (κ3) is 2.97.